The molecule has 5 heteroatoms. The molecule has 1 amide bonds. The Morgan fingerprint density at radius 2 is 2.35 bits per heavy atom. The molecule has 1 aliphatic rings. The van der Waals surface area contributed by atoms with Crippen LogP contribution in [0.5, 0.6) is 0 Å². The third-order valence-corrected chi connectivity index (χ3v) is 3.77. The second kappa shape index (κ2) is 5.54. The highest BCUT2D eigenvalue weighted by atomic mass is 35.5. The highest BCUT2D eigenvalue weighted by molar-refractivity contribution is 6.18. The molecule has 0 bridgehead atoms. The van der Waals surface area contributed by atoms with Gasteiger partial charge in [-0.3, -0.25) is 9.48 Å². The Morgan fingerprint density at radius 1 is 1.59 bits per heavy atom. The molecule has 94 valence electrons. The summed E-state index contributed by atoms with van der Waals surface area (Å²) in [6, 6.07) is 1.93. The van der Waals surface area contributed by atoms with Crippen molar-refractivity contribution in [3.8, 4) is 0 Å². The van der Waals surface area contributed by atoms with Crippen LogP contribution in [0.15, 0.2) is 12.3 Å². The van der Waals surface area contributed by atoms with Gasteiger partial charge in [-0.25, -0.2) is 0 Å². The van der Waals surface area contributed by atoms with E-state index < -0.39 is 0 Å². The van der Waals surface area contributed by atoms with E-state index in [-0.39, 0.29) is 11.9 Å². The topological polar surface area (TPSA) is 46.9 Å². The number of amides is 1. The van der Waals surface area contributed by atoms with Crippen molar-refractivity contribution in [2.24, 2.45) is 13.0 Å². The van der Waals surface area contributed by atoms with Crippen LogP contribution in [0.2, 0.25) is 0 Å². The van der Waals surface area contributed by atoms with Gasteiger partial charge in [0.2, 0.25) is 0 Å². The molecule has 0 aromatic carbocycles. The molecule has 1 fully saturated rings. The highest BCUT2D eigenvalue weighted by Gasteiger charge is 2.26. The number of alkyl halides is 1. The van der Waals surface area contributed by atoms with Gasteiger partial charge in [-0.1, -0.05) is 12.8 Å². The summed E-state index contributed by atoms with van der Waals surface area (Å²) in [6.45, 7) is 0. The van der Waals surface area contributed by atoms with Crippen molar-refractivity contribution in [1.82, 2.24) is 15.1 Å². The van der Waals surface area contributed by atoms with Crippen LogP contribution < -0.4 is 5.32 Å². The number of aryl methyl sites for hydroxylation is 1. The van der Waals surface area contributed by atoms with E-state index in [0.29, 0.717) is 17.5 Å². The van der Waals surface area contributed by atoms with Gasteiger partial charge >= 0.3 is 0 Å². The molecule has 0 radical (unpaired) electrons. The molecule has 4 nitrogen and oxygen atoms in total. The van der Waals surface area contributed by atoms with Crippen LogP contribution in [0.4, 0.5) is 0 Å². The van der Waals surface area contributed by atoms with Crippen molar-refractivity contribution in [2.45, 2.75) is 31.7 Å². The van der Waals surface area contributed by atoms with Crippen molar-refractivity contribution in [2.75, 3.05) is 5.88 Å². The fourth-order valence-electron chi connectivity index (χ4n) is 2.36. The smallest absolute Gasteiger partial charge is 0.272 e. The number of halogens is 1. The average molecular weight is 256 g/mol. The Kier molecular flexibility index (Phi) is 4.05. The van der Waals surface area contributed by atoms with Gasteiger partial charge in [0.25, 0.3) is 5.91 Å². The van der Waals surface area contributed by atoms with E-state index in [4.69, 9.17) is 11.6 Å². The Labute approximate surface area is 106 Å². The van der Waals surface area contributed by atoms with Crippen LogP contribution in [0, 0.1) is 5.92 Å². The molecule has 2 unspecified atom stereocenters. The van der Waals surface area contributed by atoms with Gasteiger partial charge in [0.05, 0.1) is 0 Å². The van der Waals surface area contributed by atoms with E-state index in [1.54, 1.807) is 24.0 Å². The molecular weight excluding hydrogens is 238 g/mol. The Hall–Kier alpha value is -1.03. The summed E-state index contributed by atoms with van der Waals surface area (Å²) >= 11 is 5.94. The van der Waals surface area contributed by atoms with Crippen LogP contribution >= 0.6 is 11.6 Å². The summed E-state index contributed by atoms with van der Waals surface area (Å²) in [6.07, 6.45) is 6.29. The fraction of sp³-hybridized carbons (Fsp3) is 0.667. The number of hydrogen-bond donors (Lipinski definition) is 1. The summed E-state index contributed by atoms with van der Waals surface area (Å²) in [4.78, 5) is 12.0. The van der Waals surface area contributed by atoms with E-state index in [9.17, 15) is 4.79 Å². The zero-order valence-electron chi connectivity index (χ0n) is 10.0. The molecule has 2 rings (SSSR count). The zero-order chi connectivity index (χ0) is 12.3. The Bertz CT molecular complexity index is 391. The Balaban J connectivity index is 1.97. The minimum atomic E-state index is -0.0902. The number of nitrogens with zero attached hydrogens (tertiary/aromatic N) is 2. The number of rotatable bonds is 3. The number of carbonyl (C=O) groups excluding carboxylic acids is 1. The van der Waals surface area contributed by atoms with Crippen LogP contribution in [0.1, 0.15) is 36.2 Å². The van der Waals surface area contributed by atoms with Gasteiger partial charge in [-0.2, -0.15) is 5.10 Å². The quantitative estimate of drug-likeness (QED) is 0.840. The molecule has 1 aliphatic carbocycles. The number of carbonyl (C=O) groups is 1. The maximum Gasteiger partial charge on any atom is 0.272 e. The maximum atomic E-state index is 12.0. The van der Waals surface area contributed by atoms with Gasteiger partial charge in [0.1, 0.15) is 5.69 Å². The van der Waals surface area contributed by atoms with Gasteiger partial charge in [0, 0.05) is 25.2 Å². The standard InChI is InChI=1S/C12H18ClN3O/c1-16-7-6-11(15-16)12(17)14-10-5-3-2-4-9(10)8-13/h6-7,9-10H,2-5,8H2,1H3,(H,14,17). The fourth-order valence-corrected chi connectivity index (χ4v) is 2.73. The second-order valence-corrected chi connectivity index (χ2v) is 4.96. The predicted octanol–water partition coefficient (Wildman–Crippen LogP) is 1.95. The van der Waals surface area contributed by atoms with Crippen molar-refractivity contribution >= 4 is 17.5 Å². The first kappa shape index (κ1) is 12.4. The van der Waals surface area contributed by atoms with E-state index in [1.165, 1.54) is 12.8 Å². The van der Waals surface area contributed by atoms with Crippen molar-refractivity contribution in [3.63, 3.8) is 0 Å². The number of hydrogen-bond acceptors (Lipinski definition) is 2. The molecule has 0 spiro atoms. The van der Waals surface area contributed by atoms with Crippen molar-refractivity contribution in [3.05, 3.63) is 18.0 Å². The maximum absolute atomic E-state index is 12.0. The normalized spacial score (nSPS) is 24.6. The summed E-state index contributed by atoms with van der Waals surface area (Å²) in [5, 5.41) is 7.15. The van der Waals surface area contributed by atoms with Crippen LogP contribution in [0.25, 0.3) is 0 Å². The highest BCUT2D eigenvalue weighted by Crippen LogP contribution is 2.25. The first-order chi connectivity index (χ1) is 8.20. The van der Waals surface area contributed by atoms with Crippen molar-refractivity contribution < 1.29 is 4.79 Å². The molecule has 1 aromatic rings. The predicted molar refractivity (Wildman–Crippen MR) is 67.1 cm³/mol. The molecule has 2 atom stereocenters. The number of nitrogens with one attached hydrogen (secondary N) is 1. The largest absolute Gasteiger partial charge is 0.348 e. The van der Waals surface area contributed by atoms with Gasteiger partial charge < -0.3 is 5.32 Å². The molecule has 17 heavy (non-hydrogen) atoms. The lowest BCUT2D eigenvalue weighted by Gasteiger charge is -2.30. The van der Waals surface area contributed by atoms with Gasteiger partial charge in [-0.15, -0.1) is 11.6 Å². The van der Waals surface area contributed by atoms with E-state index >= 15 is 0 Å². The summed E-state index contributed by atoms with van der Waals surface area (Å²) in [7, 11) is 1.80. The van der Waals surface area contributed by atoms with E-state index in [2.05, 4.69) is 10.4 Å². The summed E-state index contributed by atoms with van der Waals surface area (Å²) < 4.78 is 1.63. The third-order valence-electron chi connectivity index (χ3n) is 3.37. The zero-order valence-corrected chi connectivity index (χ0v) is 10.8. The van der Waals surface area contributed by atoms with Crippen LogP contribution in [0.3, 0.4) is 0 Å². The minimum absolute atomic E-state index is 0.0902. The molecule has 1 N–H and O–H groups in total. The first-order valence-electron chi connectivity index (χ1n) is 6.07. The third kappa shape index (κ3) is 3.00. The lowest BCUT2D eigenvalue weighted by atomic mass is 9.85. The second-order valence-electron chi connectivity index (χ2n) is 4.65. The van der Waals surface area contributed by atoms with E-state index in [0.717, 1.165) is 12.8 Å². The molecule has 0 saturated heterocycles. The molecule has 1 heterocycles. The van der Waals surface area contributed by atoms with E-state index in [1.807, 2.05) is 0 Å². The lowest BCUT2D eigenvalue weighted by molar-refractivity contribution is 0.0905. The monoisotopic (exact) mass is 255 g/mol. The number of aromatic nitrogens is 2. The minimum Gasteiger partial charge on any atom is -0.348 e. The molecule has 1 aromatic heterocycles. The average Bonchev–Trinajstić information content (AvgIpc) is 2.77. The first-order valence-corrected chi connectivity index (χ1v) is 6.60. The SMILES string of the molecule is Cn1ccc(C(=O)NC2CCCCC2CCl)n1. The van der Waals surface area contributed by atoms with Gasteiger partial charge in [-0.05, 0) is 24.8 Å². The van der Waals surface area contributed by atoms with Crippen molar-refractivity contribution in [1.29, 1.82) is 0 Å². The van der Waals surface area contributed by atoms with Crippen LogP contribution in [-0.4, -0.2) is 27.6 Å². The summed E-state index contributed by atoms with van der Waals surface area (Å²) in [5.41, 5.74) is 0.478. The molecule has 1 saturated carbocycles. The summed E-state index contributed by atoms with van der Waals surface area (Å²) in [5.74, 6) is 0.929. The van der Waals surface area contributed by atoms with Gasteiger partial charge in [0.15, 0.2) is 0 Å². The Morgan fingerprint density at radius 3 is 3.00 bits per heavy atom. The molecular formula is C12H18ClN3O. The molecule has 0 aliphatic heterocycles. The van der Waals surface area contributed by atoms with Crippen LogP contribution in [-0.2, 0) is 7.05 Å². The lowest BCUT2D eigenvalue weighted by Crippen LogP contribution is -2.43.